The first kappa shape index (κ1) is 20.5. The second-order valence-electron chi connectivity index (χ2n) is 7.64. The number of fused-ring (bicyclic) bond motifs is 2. The summed E-state index contributed by atoms with van der Waals surface area (Å²) in [6.07, 6.45) is 1.66. The number of hydrogen-bond acceptors (Lipinski definition) is 4. The van der Waals surface area contributed by atoms with Gasteiger partial charge in [0, 0.05) is 0 Å². The van der Waals surface area contributed by atoms with Crippen molar-refractivity contribution in [2.45, 2.75) is 6.92 Å². The van der Waals surface area contributed by atoms with Gasteiger partial charge in [-0.25, -0.2) is 9.80 Å². The van der Waals surface area contributed by atoms with Crippen molar-refractivity contribution in [1.82, 2.24) is 5.43 Å². The lowest BCUT2D eigenvalue weighted by Gasteiger charge is -2.15. The molecule has 0 radical (unpaired) electrons. The molecule has 0 bridgehead atoms. The second kappa shape index (κ2) is 8.24. The third-order valence-corrected chi connectivity index (χ3v) is 5.63. The Labute approximate surface area is 190 Å². The first-order valence-electron chi connectivity index (χ1n) is 10.6. The lowest BCUT2D eigenvalue weighted by atomic mass is 9.95. The normalized spacial score (nSPS) is 14.8. The van der Waals surface area contributed by atoms with Gasteiger partial charge in [-0.1, -0.05) is 48.5 Å². The number of nitrogens with zero attached hydrogens (tertiary/aromatic N) is 1. The molecule has 5 rings (SSSR count). The molecule has 1 aliphatic rings. The highest BCUT2D eigenvalue weighted by molar-refractivity contribution is 6.32. The van der Waals surface area contributed by atoms with Crippen LogP contribution < -0.4 is 10.4 Å². The summed E-state index contributed by atoms with van der Waals surface area (Å²) in [7, 11) is 0. The summed E-state index contributed by atoms with van der Waals surface area (Å²) in [6.45, 7) is 2.01. The average Bonchev–Trinajstić information content (AvgIpc) is 3.12. The summed E-state index contributed by atoms with van der Waals surface area (Å²) in [5.41, 5.74) is 4.31. The molecule has 33 heavy (non-hydrogen) atoms. The van der Waals surface area contributed by atoms with Gasteiger partial charge in [-0.3, -0.25) is 15.0 Å². The van der Waals surface area contributed by atoms with E-state index in [1.165, 1.54) is 5.01 Å². The number of amides is 2. The van der Waals surface area contributed by atoms with E-state index in [2.05, 4.69) is 11.5 Å². The number of carbonyl (C=O) groups is 3. The zero-order chi connectivity index (χ0) is 22.9. The summed E-state index contributed by atoms with van der Waals surface area (Å²) in [4.78, 5) is 37.9. The predicted molar refractivity (Wildman–Crippen MR) is 127 cm³/mol. The van der Waals surface area contributed by atoms with E-state index in [-0.39, 0.29) is 12.2 Å². The van der Waals surface area contributed by atoms with E-state index in [1.807, 2.05) is 48.5 Å². The number of rotatable bonds is 4. The van der Waals surface area contributed by atoms with Crippen LogP contribution in [-0.2, 0) is 14.3 Å². The fourth-order valence-corrected chi connectivity index (χ4v) is 4.05. The van der Waals surface area contributed by atoms with Crippen molar-refractivity contribution in [2.75, 3.05) is 11.6 Å². The molecule has 1 N–H and O–H groups in total. The van der Waals surface area contributed by atoms with Gasteiger partial charge in [-0.15, -0.1) is 0 Å². The van der Waals surface area contributed by atoms with E-state index in [9.17, 15) is 14.4 Å². The number of hydrogen-bond donors (Lipinski definition) is 1. The van der Waals surface area contributed by atoms with Gasteiger partial charge in [-0.2, -0.15) is 0 Å². The Hall–Kier alpha value is -4.45. The summed E-state index contributed by atoms with van der Waals surface area (Å²) in [5, 5.41) is 5.17. The molecule has 6 heteroatoms. The first-order chi connectivity index (χ1) is 16.1. The van der Waals surface area contributed by atoms with Crippen LogP contribution in [0.1, 0.15) is 22.8 Å². The van der Waals surface area contributed by atoms with Gasteiger partial charge in [-0.05, 0) is 70.4 Å². The van der Waals surface area contributed by atoms with Crippen molar-refractivity contribution >= 4 is 51.1 Å². The number of nitrogens with one attached hydrogen (secondary N) is 1. The lowest BCUT2D eigenvalue weighted by Crippen LogP contribution is -2.35. The number of ether oxygens (including phenoxy) is 1. The quantitative estimate of drug-likeness (QED) is 0.219. The van der Waals surface area contributed by atoms with Crippen LogP contribution >= 0.6 is 0 Å². The third kappa shape index (κ3) is 3.61. The van der Waals surface area contributed by atoms with Gasteiger partial charge in [0.1, 0.15) is 5.57 Å². The van der Waals surface area contributed by atoms with Crippen LogP contribution in [0.15, 0.2) is 84.4 Å². The molecule has 4 aromatic carbocycles. The van der Waals surface area contributed by atoms with E-state index in [0.717, 1.165) is 27.1 Å². The predicted octanol–water partition coefficient (Wildman–Crippen LogP) is 4.63. The lowest BCUT2D eigenvalue weighted by molar-refractivity contribution is -0.117. The first-order valence-corrected chi connectivity index (χ1v) is 10.6. The Balaban J connectivity index is 1.55. The third-order valence-electron chi connectivity index (χ3n) is 5.63. The van der Waals surface area contributed by atoms with Crippen molar-refractivity contribution in [3.63, 3.8) is 0 Å². The van der Waals surface area contributed by atoms with Crippen LogP contribution in [0.5, 0.6) is 0 Å². The molecule has 1 heterocycles. The van der Waals surface area contributed by atoms with Gasteiger partial charge < -0.3 is 4.74 Å². The molecular formula is C27H20N2O4. The monoisotopic (exact) mass is 436 g/mol. The average molecular weight is 436 g/mol. The summed E-state index contributed by atoms with van der Waals surface area (Å²) < 4.78 is 4.99. The molecule has 1 aliphatic heterocycles. The molecule has 162 valence electrons. The Bertz CT molecular complexity index is 1400. The van der Waals surface area contributed by atoms with Crippen molar-refractivity contribution in [3.05, 3.63) is 95.6 Å². The minimum atomic E-state index is -0.480. The largest absolute Gasteiger partial charge is 0.462 e. The van der Waals surface area contributed by atoms with E-state index in [4.69, 9.17) is 4.74 Å². The van der Waals surface area contributed by atoms with Crippen LogP contribution in [0.4, 0.5) is 5.69 Å². The number of hydrazine groups is 1. The molecule has 0 aliphatic carbocycles. The SMILES string of the molecule is CCOC(=O)c1ccc(N2NC(=O)/C(=C\c3c4ccccc4cc4ccccc34)C2=O)cc1. The Kier molecular flexibility index (Phi) is 5.11. The Morgan fingerprint density at radius 3 is 2.12 bits per heavy atom. The molecule has 0 atom stereocenters. The molecule has 0 saturated carbocycles. The van der Waals surface area contributed by atoms with Crippen LogP contribution in [0.3, 0.4) is 0 Å². The van der Waals surface area contributed by atoms with Gasteiger partial charge in [0.2, 0.25) is 0 Å². The number of benzene rings is 4. The molecule has 6 nitrogen and oxygen atoms in total. The molecule has 0 aromatic heterocycles. The molecule has 0 spiro atoms. The van der Waals surface area contributed by atoms with Gasteiger partial charge in [0.15, 0.2) is 0 Å². The summed E-state index contributed by atoms with van der Waals surface area (Å²) in [6, 6.07) is 24.2. The molecule has 1 fully saturated rings. The molecular weight excluding hydrogens is 416 g/mol. The van der Waals surface area contributed by atoms with Crippen LogP contribution in [-0.4, -0.2) is 24.4 Å². The van der Waals surface area contributed by atoms with Crippen LogP contribution in [0, 0.1) is 0 Å². The standard InChI is InChI=1S/C27H20N2O4/c1-2-33-27(32)17-11-13-20(14-12-17)29-26(31)24(25(30)28-29)16-23-21-9-5-3-7-18(21)15-19-8-4-6-10-22(19)23/h3-16H,2H2,1H3,(H,28,30)/b24-16+. The van der Waals surface area contributed by atoms with Crippen molar-refractivity contribution in [3.8, 4) is 0 Å². The zero-order valence-electron chi connectivity index (χ0n) is 17.9. The van der Waals surface area contributed by atoms with E-state index in [0.29, 0.717) is 11.3 Å². The molecule has 2 amide bonds. The second-order valence-corrected chi connectivity index (χ2v) is 7.64. The maximum atomic E-state index is 13.2. The Morgan fingerprint density at radius 1 is 0.909 bits per heavy atom. The van der Waals surface area contributed by atoms with Crippen molar-refractivity contribution in [1.29, 1.82) is 0 Å². The molecule has 0 unspecified atom stereocenters. The van der Waals surface area contributed by atoms with E-state index < -0.39 is 17.8 Å². The van der Waals surface area contributed by atoms with Crippen LogP contribution in [0.2, 0.25) is 0 Å². The zero-order valence-corrected chi connectivity index (χ0v) is 17.9. The van der Waals surface area contributed by atoms with E-state index in [1.54, 1.807) is 37.3 Å². The van der Waals surface area contributed by atoms with Crippen molar-refractivity contribution in [2.24, 2.45) is 0 Å². The smallest absolute Gasteiger partial charge is 0.338 e. The maximum Gasteiger partial charge on any atom is 0.338 e. The van der Waals surface area contributed by atoms with Crippen LogP contribution in [0.25, 0.3) is 27.6 Å². The van der Waals surface area contributed by atoms with E-state index >= 15 is 0 Å². The fourth-order valence-electron chi connectivity index (χ4n) is 4.05. The summed E-state index contributed by atoms with van der Waals surface area (Å²) in [5.74, 6) is -1.38. The summed E-state index contributed by atoms with van der Waals surface area (Å²) >= 11 is 0. The fraction of sp³-hybridized carbons (Fsp3) is 0.0741. The maximum absolute atomic E-state index is 13.2. The number of anilines is 1. The van der Waals surface area contributed by atoms with Gasteiger partial charge in [0.05, 0.1) is 17.9 Å². The minimum absolute atomic E-state index is 0.0472. The molecule has 4 aromatic rings. The highest BCUT2D eigenvalue weighted by Gasteiger charge is 2.34. The highest BCUT2D eigenvalue weighted by atomic mass is 16.5. The highest BCUT2D eigenvalue weighted by Crippen LogP contribution is 2.31. The Morgan fingerprint density at radius 2 is 1.52 bits per heavy atom. The van der Waals surface area contributed by atoms with Gasteiger partial charge >= 0.3 is 5.97 Å². The topological polar surface area (TPSA) is 75.7 Å². The number of carbonyl (C=O) groups excluding carboxylic acids is 3. The van der Waals surface area contributed by atoms with Crippen molar-refractivity contribution < 1.29 is 19.1 Å². The van der Waals surface area contributed by atoms with Gasteiger partial charge in [0.25, 0.3) is 11.8 Å². The minimum Gasteiger partial charge on any atom is -0.462 e. The number of esters is 1. The molecule has 1 saturated heterocycles.